The quantitative estimate of drug-likeness (QED) is 0.811. The molecule has 2 atom stereocenters. The van der Waals surface area contributed by atoms with Gasteiger partial charge in [0.2, 0.25) is 11.8 Å². The largest absolute Gasteiger partial charge is 0.330 e. The molecule has 5 heteroatoms. The Kier molecular flexibility index (Phi) is 4.69. The van der Waals surface area contributed by atoms with E-state index in [1.165, 1.54) is 11.3 Å². The highest BCUT2D eigenvalue weighted by molar-refractivity contribution is 6.19. The van der Waals surface area contributed by atoms with E-state index in [-0.39, 0.29) is 5.91 Å². The van der Waals surface area contributed by atoms with E-state index in [4.69, 9.17) is 0 Å². The molecule has 0 aromatic rings. The Morgan fingerprint density at radius 3 is 2.43 bits per heavy atom. The number of barbiturate groups is 1. The number of nitrogens with zero attached hydrogens (tertiary/aromatic N) is 1. The Hall–Kier alpha value is -1.39. The minimum Gasteiger partial charge on any atom is -0.277 e. The summed E-state index contributed by atoms with van der Waals surface area (Å²) < 4.78 is 0. The summed E-state index contributed by atoms with van der Waals surface area (Å²) in [6, 6.07) is -0.541. The lowest BCUT2D eigenvalue weighted by Gasteiger charge is -2.40. The first-order chi connectivity index (χ1) is 9.94. The summed E-state index contributed by atoms with van der Waals surface area (Å²) in [6.45, 7) is 6.33. The fraction of sp³-hybridized carbons (Fsp3) is 0.812. The number of nitrogens with one attached hydrogen (secondary N) is 1. The van der Waals surface area contributed by atoms with E-state index in [9.17, 15) is 14.4 Å². The zero-order chi connectivity index (χ0) is 15.6. The van der Waals surface area contributed by atoms with Crippen LogP contribution in [0.4, 0.5) is 4.79 Å². The van der Waals surface area contributed by atoms with Gasteiger partial charge in [0, 0.05) is 6.54 Å². The van der Waals surface area contributed by atoms with Crippen LogP contribution in [0.15, 0.2) is 0 Å². The van der Waals surface area contributed by atoms with E-state index in [1.807, 2.05) is 13.8 Å². The lowest BCUT2D eigenvalue weighted by molar-refractivity contribution is -0.152. The van der Waals surface area contributed by atoms with Crippen LogP contribution in [0.1, 0.15) is 59.3 Å². The van der Waals surface area contributed by atoms with Crippen molar-refractivity contribution in [3.8, 4) is 0 Å². The molecule has 1 aliphatic carbocycles. The number of hydrogen-bond donors (Lipinski definition) is 1. The van der Waals surface area contributed by atoms with Gasteiger partial charge in [0.05, 0.1) is 0 Å². The SMILES string of the molecule is CCC1(CC)C(=O)NC(=O)N(CC2CCCC(C)C2)C1=O. The number of rotatable bonds is 4. The molecule has 2 rings (SSSR count). The summed E-state index contributed by atoms with van der Waals surface area (Å²) in [4.78, 5) is 38.2. The Morgan fingerprint density at radius 2 is 1.86 bits per heavy atom. The third-order valence-corrected chi connectivity index (χ3v) is 5.25. The molecular weight excluding hydrogens is 268 g/mol. The van der Waals surface area contributed by atoms with Gasteiger partial charge >= 0.3 is 6.03 Å². The summed E-state index contributed by atoms with van der Waals surface area (Å²) in [5, 5.41) is 2.38. The Bertz CT molecular complexity index is 443. The number of carbonyl (C=O) groups excluding carboxylic acids is 3. The van der Waals surface area contributed by atoms with Crippen molar-refractivity contribution >= 4 is 17.8 Å². The van der Waals surface area contributed by atoms with Crippen LogP contribution in [0.5, 0.6) is 0 Å². The monoisotopic (exact) mass is 294 g/mol. The molecule has 1 N–H and O–H groups in total. The van der Waals surface area contributed by atoms with Crippen molar-refractivity contribution in [1.82, 2.24) is 10.2 Å². The summed E-state index contributed by atoms with van der Waals surface area (Å²) in [5.74, 6) is 0.272. The van der Waals surface area contributed by atoms with Crippen molar-refractivity contribution in [2.24, 2.45) is 17.3 Å². The minimum absolute atomic E-state index is 0.306. The maximum Gasteiger partial charge on any atom is 0.330 e. The van der Waals surface area contributed by atoms with Gasteiger partial charge in [0.15, 0.2) is 0 Å². The third-order valence-electron chi connectivity index (χ3n) is 5.25. The highest BCUT2D eigenvalue weighted by atomic mass is 16.2. The molecule has 0 radical (unpaired) electrons. The zero-order valence-corrected chi connectivity index (χ0v) is 13.3. The average molecular weight is 294 g/mol. The van der Waals surface area contributed by atoms with E-state index in [1.54, 1.807) is 0 Å². The van der Waals surface area contributed by atoms with Gasteiger partial charge in [-0.1, -0.05) is 33.6 Å². The number of amides is 4. The third kappa shape index (κ3) is 2.83. The fourth-order valence-corrected chi connectivity index (χ4v) is 3.76. The second-order valence-corrected chi connectivity index (χ2v) is 6.60. The van der Waals surface area contributed by atoms with Crippen molar-refractivity contribution in [3.63, 3.8) is 0 Å². The summed E-state index contributed by atoms with van der Waals surface area (Å²) in [6.07, 6.45) is 5.35. The standard InChI is InChI=1S/C16H26N2O3/c1-4-16(5-2)13(19)17-15(21)18(14(16)20)10-12-8-6-7-11(3)9-12/h11-12H,4-10H2,1-3H3,(H,17,19,21). The Morgan fingerprint density at radius 1 is 1.19 bits per heavy atom. The summed E-state index contributed by atoms with van der Waals surface area (Å²) in [5.41, 5.74) is -1.06. The highest BCUT2D eigenvalue weighted by Crippen LogP contribution is 2.35. The molecule has 2 fully saturated rings. The maximum atomic E-state index is 12.7. The van der Waals surface area contributed by atoms with Gasteiger partial charge in [0.1, 0.15) is 5.41 Å². The van der Waals surface area contributed by atoms with E-state index in [0.29, 0.717) is 31.2 Å². The van der Waals surface area contributed by atoms with Crippen LogP contribution >= 0.6 is 0 Å². The molecule has 1 heterocycles. The maximum absolute atomic E-state index is 12.7. The fourth-order valence-electron chi connectivity index (χ4n) is 3.76. The van der Waals surface area contributed by atoms with E-state index >= 15 is 0 Å². The summed E-state index contributed by atoms with van der Waals surface area (Å²) >= 11 is 0. The average Bonchev–Trinajstić information content (AvgIpc) is 2.45. The summed E-state index contributed by atoms with van der Waals surface area (Å²) in [7, 11) is 0. The molecule has 21 heavy (non-hydrogen) atoms. The number of hydrogen-bond acceptors (Lipinski definition) is 3. The van der Waals surface area contributed by atoms with Crippen LogP contribution < -0.4 is 5.32 Å². The number of carbonyl (C=O) groups is 3. The van der Waals surface area contributed by atoms with Crippen LogP contribution in [0.25, 0.3) is 0 Å². The highest BCUT2D eigenvalue weighted by Gasteiger charge is 2.51. The van der Waals surface area contributed by atoms with E-state index < -0.39 is 17.4 Å². The second-order valence-electron chi connectivity index (χ2n) is 6.60. The van der Waals surface area contributed by atoms with Gasteiger partial charge in [-0.2, -0.15) is 0 Å². The molecule has 0 bridgehead atoms. The van der Waals surface area contributed by atoms with Crippen molar-refractivity contribution in [2.75, 3.05) is 6.54 Å². The first-order valence-corrected chi connectivity index (χ1v) is 8.12. The first-order valence-electron chi connectivity index (χ1n) is 8.12. The van der Waals surface area contributed by atoms with E-state index in [0.717, 1.165) is 19.3 Å². The van der Waals surface area contributed by atoms with Crippen LogP contribution in [0.3, 0.4) is 0 Å². The molecule has 2 unspecified atom stereocenters. The first kappa shape index (κ1) is 16.0. The smallest absolute Gasteiger partial charge is 0.277 e. The lowest BCUT2D eigenvalue weighted by Crippen LogP contribution is -2.64. The normalized spacial score (nSPS) is 29.5. The van der Waals surface area contributed by atoms with E-state index in [2.05, 4.69) is 12.2 Å². The number of imide groups is 2. The van der Waals surface area contributed by atoms with Crippen LogP contribution in [0, 0.1) is 17.3 Å². The van der Waals surface area contributed by atoms with Gasteiger partial charge in [-0.25, -0.2) is 4.79 Å². The van der Waals surface area contributed by atoms with Gasteiger partial charge in [-0.3, -0.25) is 19.8 Å². The van der Waals surface area contributed by atoms with Gasteiger partial charge in [-0.15, -0.1) is 0 Å². The Labute approximate surface area is 126 Å². The molecular formula is C16H26N2O3. The van der Waals surface area contributed by atoms with Crippen molar-refractivity contribution < 1.29 is 14.4 Å². The molecule has 0 spiro atoms. The van der Waals surface area contributed by atoms with Gasteiger partial charge in [-0.05, 0) is 37.5 Å². The second kappa shape index (κ2) is 6.16. The molecule has 1 aliphatic heterocycles. The molecule has 4 amide bonds. The molecule has 5 nitrogen and oxygen atoms in total. The topological polar surface area (TPSA) is 66.5 Å². The van der Waals surface area contributed by atoms with Crippen LogP contribution in [-0.2, 0) is 9.59 Å². The molecule has 1 saturated heterocycles. The molecule has 2 aliphatic rings. The van der Waals surface area contributed by atoms with Crippen LogP contribution in [-0.4, -0.2) is 29.3 Å². The molecule has 1 saturated carbocycles. The van der Waals surface area contributed by atoms with Gasteiger partial charge < -0.3 is 0 Å². The van der Waals surface area contributed by atoms with Crippen molar-refractivity contribution in [3.05, 3.63) is 0 Å². The van der Waals surface area contributed by atoms with Gasteiger partial charge in [0.25, 0.3) is 0 Å². The van der Waals surface area contributed by atoms with Crippen molar-refractivity contribution in [2.45, 2.75) is 59.3 Å². The molecule has 0 aromatic carbocycles. The molecule has 118 valence electrons. The number of urea groups is 1. The minimum atomic E-state index is -1.06. The predicted molar refractivity (Wildman–Crippen MR) is 79.4 cm³/mol. The Balaban J connectivity index is 2.16. The predicted octanol–water partition coefficient (Wildman–Crippen LogP) is 2.70. The van der Waals surface area contributed by atoms with Crippen molar-refractivity contribution in [1.29, 1.82) is 0 Å². The molecule has 0 aromatic heterocycles. The lowest BCUT2D eigenvalue weighted by atomic mass is 9.77. The van der Waals surface area contributed by atoms with Crippen LogP contribution in [0.2, 0.25) is 0 Å². The zero-order valence-electron chi connectivity index (χ0n) is 13.3.